The monoisotopic (exact) mass is 148 g/mol. The van der Waals surface area contributed by atoms with Crippen LogP contribution in [0.3, 0.4) is 0 Å². The van der Waals surface area contributed by atoms with E-state index in [9.17, 15) is 8.78 Å². The molecule has 1 fully saturated rings. The van der Waals surface area contributed by atoms with Gasteiger partial charge in [0.15, 0.2) is 0 Å². The Labute approximate surface area is 60.0 Å². The van der Waals surface area contributed by atoms with Crippen LogP contribution in [0.5, 0.6) is 0 Å². The minimum atomic E-state index is -2.17. The van der Waals surface area contributed by atoms with Crippen LogP contribution in [0.2, 0.25) is 0 Å². The number of alkyl halides is 2. The average Bonchev–Trinajstić information content (AvgIpc) is 1.88. The lowest BCUT2D eigenvalue weighted by Gasteiger charge is -2.25. The molecule has 1 heterocycles. The van der Waals surface area contributed by atoms with Crippen LogP contribution < -0.4 is 0 Å². The molecule has 0 aliphatic carbocycles. The number of hydrogen-bond acceptors (Lipinski definition) is 1. The van der Waals surface area contributed by atoms with Gasteiger partial charge in [0.25, 0.3) is 6.43 Å². The van der Waals surface area contributed by atoms with Crippen LogP contribution in [0, 0.1) is 6.42 Å². The number of hydrogen-bond donors (Lipinski definition) is 0. The number of likely N-dealkylation sites (tertiary alicyclic amines) is 1. The molecule has 1 aliphatic heterocycles. The van der Waals surface area contributed by atoms with E-state index < -0.39 is 6.43 Å². The van der Waals surface area contributed by atoms with Gasteiger partial charge in [0.1, 0.15) is 0 Å². The molecular formula is C7H12F2N. The van der Waals surface area contributed by atoms with Crippen molar-refractivity contribution in [1.29, 1.82) is 0 Å². The molecule has 0 bridgehead atoms. The van der Waals surface area contributed by atoms with E-state index >= 15 is 0 Å². The molecule has 1 radical (unpaired) electrons. The summed E-state index contributed by atoms with van der Waals surface area (Å²) in [7, 11) is 0. The molecule has 0 unspecified atom stereocenters. The maximum Gasteiger partial charge on any atom is 0.251 e. The molecule has 59 valence electrons. The first-order valence-electron chi connectivity index (χ1n) is 3.61. The summed E-state index contributed by atoms with van der Waals surface area (Å²) in [6, 6.07) is 0. The zero-order chi connectivity index (χ0) is 7.40. The van der Waals surface area contributed by atoms with Crippen molar-refractivity contribution < 1.29 is 8.78 Å². The summed E-state index contributed by atoms with van der Waals surface area (Å²) in [4.78, 5) is 1.79. The van der Waals surface area contributed by atoms with E-state index in [1.807, 2.05) is 0 Å². The quantitative estimate of drug-likeness (QED) is 0.574. The van der Waals surface area contributed by atoms with Gasteiger partial charge in [0.05, 0.1) is 6.54 Å². The molecular weight excluding hydrogens is 136 g/mol. The Balaban J connectivity index is 2.13. The minimum absolute atomic E-state index is 0.0590. The molecule has 1 rings (SSSR count). The van der Waals surface area contributed by atoms with Gasteiger partial charge in [-0.05, 0) is 25.8 Å². The fourth-order valence-electron chi connectivity index (χ4n) is 1.19. The van der Waals surface area contributed by atoms with E-state index in [0.29, 0.717) is 0 Å². The summed E-state index contributed by atoms with van der Waals surface area (Å²) in [5, 5.41) is 0. The lowest BCUT2D eigenvalue weighted by molar-refractivity contribution is 0.0865. The van der Waals surface area contributed by atoms with Crippen molar-refractivity contribution in [3.8, 4) is 0 Å². The number of rotatable bonds is 2. The van der Waals surface area contributed by atoms with Gasteiger partial charge in [0.2, 0.25) is 0 Å². The van der Waals surface area contributed by atoms with E-state index in [1.165, 1.54) is 0 Å². The Bertz CT molecular complexity index is 89.6. The van der Waals surface area contributed by atoms with Crippen LogP contribution in [-0.4, -0.2) is 31.0 Å². The number of halogens is 2. The van der Waals surface area contributed by atoms with Crippen LogP contribution in [-0.2, 0) is 0 Å². The largest absolute Gasteiger partial charge is 0.297 e. The lowest BCUT2D eigenvalue weighted by Crippen LogP contribution is -2.33. The zero-order valence-electron chi connectivity index (χ0n) is 5.89. The van der Waals surface area contributed by atoms with E-state index in [2.05, 4.69) is 6.42 Å². The van der Waals surface area contributed by atoms with Crippen LogP contribution in [0.25, 0.3) is 0 Å². The van der Waals surface area contributed by atoms with E-state index in [4.69, 9.17) is 0 Å². The standard InChI is InChI=1S/C7H12F2N/c8-7(9)6-10-4-2-1-3-5-10/h2,7H,1,3-6H2. The Morgan fingerprint density at radius 2 is 2.30 bits per heavy atom. The maximum atomic E-state index is 11.8. The third kappa shape index (κ3) is 2.60. The minimum Gasteiger partial charge on any atom is -0.297 e. The Hall–Kier alpha value is -0.180. The highest BCUT2D eigenvalue weighted by molar-refractivity contribution is 4.77. The molecule has 0 aromatic rings. The summed E-state index contributed by atoms with van der Waals surface area (Å²) in [6.07, 6.45) is 2.00. The lowest BCUT2D eigenvalue weighted by atomic mass is 10.1. The van der Waals surface area contributed by atoms with Gasteiger partial charge in [-0.25, -0.2) is 8.78 Å². The fourth-order valence-corrected chi connectivity index (χ4v) is 1.19. The highest BCUT2D eigenvalue weighted by atomic mass is 19.3. The molecule has 0 aromatic carbocycles. The van der Waals surface area contributed by atoms with Crippen LogP contribution in [0.15, 0.2) is 0 Å². The molecule has 0 amide bonds. The van der Waals surface area contributed by atoms with Crippen molar-refractivity contribution in [2.24, 2.45) is 0 Å². The van der Waals surface area contributed by atoms with Gasteiger partial charge in [-0.3, -0.25) is 4.90 Å². The number of nitrogens with zero attached hydrogens (tertiary/aromatic N) is 1. The Morgan fingerprint density at radius 3 is 2.80 bits per heavy atom. The second kappa shape index (κ2) is 3.86. The molecule has 0 N–H and O–H groups in total. The molecule has 0 aromatic heterocycles. The van der Waals surface area contributed by atoms with Gasteiger partial charge < -0.3 is 0 Å². The van der Waals surface area contributed by atoms with Crippen LogP contribution in [0.1, 0.15) is 12.8 Å². The van der Waals surface area contributed by atoms with Gasteiger partial charge in [-0.15, -0.1) is 0 Å². The average molecular weight is 148 g/mol. The molecule has 10 heavy (non-hydrogen) atoms. The highest BCUT2D eigenvalue weighted by Gasteiger charge is 2.13. The van der Waals surface area contributed by atoms with Crippen LogP contribution >= 0.6 is 0 Å². The van der Waals surface area contributed by atoms with E-state index in [-0.39, 0.29) is 6.54 Å². The summed E-state index contributed by atoms with van der Waals surface area (Å²) >= 11 is 0. The van der Waals surface area contributed by atoms with Gasteiger partial charge in [-0.2, -0.15) is 0 Å². The second-order valence-electron chi connectivity index (χ2n) is 2.58. The first kappa shape index (κ1) is 7.92. The van der Waals surface area contributed by atoms with Crippen molar-refractivity contribution in [2.45, 2.75) is 19.3 Å². The van der Waals surface area contributed by atoms with Crippen LogP contribution in [0.4, 0.5) is 8.78 Å². The van der Waals surface area contributed by atoms with Crippen molar-refractivity contribution >= 4 is 0 Å². The van der Waals surface area contributed by atoms with Gasteiger partial charge in [-0.1, -0.05) is 0 Å². The highest BCUT2D eigenvalue weighted by Crippen LogP contribution is 2.08. The maximum absolute atomic E-state index is 11.8. The summed E-state index contributed by atoms with van der Waals surface area (Å²) in [5.74, 6) is 0. The van der Waals surface area contributed by atoms with Crippen molar-refractivity contribution in [2.75, 3.05) is 19.6 Å². The third-order valence-corrected chi connectivity index (χ3v) is 1.67. The summed E-state index contributed by atoms with van der Waals surface area (Å²) < 4.78 is 23.5. The van der Waals surface area contributed by atoms with Crippen molar-refractivity contribution in [3.63, 3.8) is 0 Å². The predicted octanol–water partition coefficient (Wildman–Crippen LogP) is 1.55. The summed E-state index contributed by atoms with van der Waals surface area (Å²) in [6.45, 7) is 1.52. The second-order valence-corrected chi connectivity index (χ2v) is 2.58. The molecule has 1 aliphatic rings. The smallest absolute Gasteiger partial charge is 0.251 e. The molecule has 1 saturated heterocycles. The first-order valence-corrected chi connectivity index (χ1v) is 3.61. The topological polar surface area (TPSA) is 3.24 Å². The molecule has 3 heteroatoms. The third-order valence-electron chi connectivity index (χ3n) is 1.67. The fraction of sp³-hybridized carbons (Fsp3) is 0.857. The number of piperidine rings is 1. The SMILES string of the molecule is FC(F)CN1C[CH]CCC1. The zero-order valence-corrected chi connectivity index (χ0v) is 5.89. The van der Waals surface area contributed by atoms with Crippen molar-refractivity contribution in [3.05, 3.63) is 6.42 Å². The molecule has 0 saturated carbocycles. The Morgan fingerprint density at radius 1 is 1.50 bits per heavy atom. The van der Waals surface area contributed by atoms with Gasteiger partial charge >= 0.3 is 0 Å². The predicted molar refractivity (Wildman–Crippen MR) is 36.0 cm³/mol. The van der Waals surface area contributed by atoms with Gasteiger partial charge in [0, 0.05) is 6.54 Å². The first-order chi connectivity index (χ1) is 4.79. The Kier molecular flexibility index (Phi) is 3.06. The van der Waals surface area contributed by atoms with Crippen molar-refractivity contribution in [1.82, 2.24) is 4.90 Å². The summed E-state index contributed by atoms with van der Waals surface area (Å²) in [5.41, 5.74) is 0. The van der Waals surface area contributed by atoms with E-state index in [0.717, 1.165) is 25.9 Å². The molecule has 0 atom stereocenters. The molecule has 1 nitrogen and oxygen atoms in total. The van der Waals surface area contributed by atoms with E-state index in [1.54, 1.807) is 4.90 Å². The normalized spacial score (nSPS) is 21.9. The molecule has 0 spiro atoms.